The van der Waals surface area contributed by atoms with Gasteiger partial charge in [-0.1, -0.05) is 6.07 Å². The number of aromatic nitrogens is 1. The molecule has 1 aromatic heterocycles. The van der Waals surface area contributed by atoms with Crippen LogP contribution < -0.4 is 5.32 Å². The van der Waals surface area contributed by atoms with Crippen molar-refractivity contribution in [2.24, 2.45) is 0 Å². The van der Waals surface area contributed by atoms with Gasteiger partial charge in [-0.25, -0.2) is 4.79 Å². The predicted molar refractivity (Wildman–Crippen MR) is 48.1 cm³/mol. The van der Waals surface area contributed by atoms with Crippen LogP contribution in [0.1, 0.15) is 5.56 Å². The highest BCUT2D eigenvalue weighted by Gasteiger charge is 2.16. The van der Waals surface area contributed by atoms with E-state index in [4.69, 9.17) is 10.4 Å². The minimum Gasteiger partial charge on any atom is -0.480 e. The number of aliphatic carboxylic acids is 1. The molecule has 2 N–H and O–H groups in total. The van der Waals surface area contributed by atoms with E-state index >= 15 is 0 Å². The molecule has 1 heterocycles. The van der Waals surface area contributed by atoms with Gasteiger partial charge in [0.1, 0.15) is 6.04 Å². The Balaban J connectivity index is 2.66. The zero-order valence-corrected chi connectivity index (χ0v) is 7.34. The van der Waals surface area contributed by atoms with Crippen LogP contribution in [0, 0.1) is 11.5 Å². The van der Waals surface area contributed by atoms with Gasteiger partial charge in [0.05, 0.1) is 0 Å². The zero-order chi connectivity index (χ0) is 10.4. The number of nitrogens with zero attached hydrogens (tertiary/aromatic N) is 2. The molecule has 0 saturated heterocycles. The Kier molecular flexibility index (Phi) is 3.44. The Morgan fingerprint density at radius 2 is 2.57 bits per heavy atom. The summed E-state index contributed by atoms with van der Waals surface area (Å²) in [5, 5.41) is 19.3. The lowest BCUT2D eigenvalue weighted by molar-refractivity contribution is -0.139. The smallest absolute Gasteiger partial charge is 0.327 e. The SMILES string of the molecule is N#CN[C@@H](Cc1cccnc1)C(=O)O. The third-order valence-electron chi connectivity index (χ3n) is 1.70. The van der Waals surface area contributed by atoms with Crippen LogP contribution in [0.2, 0.25) is 0 Å². The lowest BCUT2D eigenvalue weighted by Crippen LogP contribution is -2.35. The topological polar surface area (TPSA) is 86.0 Å². The van der Waals surface area contributed by atoms with Crippen LogP contribution in [0.5, 0.6) is 0 Å². The summed E-state index contributed by atoms with van der Waals surface area (Å²) in [6, 6.07) is 2.60. The van der Waals surface area contributed by atoms with E-state index in [2.05, 4.69) is 10.3 Å². The Labute approximate surface area is 81.0 Å². The number of rotatable bonds is 4. The molecule has 0 aliphatic heterocycles. The van der Waals surface area contributed by atoms with Crippen molar-refractivity contribution in [3.8, 4) is 6.19 Å². The molecule has 72 valence electrons. The molecule has 0 spiro atoms. The molecule has 0 fully saturated rings. The van der Waals surface area contributed by atoms with Crippen molar-refractivity contribution in [1.29, 1.82) is 5.26 Å². The normalized spacial score (nSPS) is 11.4. The quantitative estimate of drug-likeness (QED) is 0.522. The first-order chi connectivity index (χ1) is 6.74. The van der Waals surface area contributed by atoms with Crippen LogP contribution in [-0.2, 0) is 11.2 Å². The molecule has 0 amide bonds. The summed E-state index contributed by atoms with van der Waals surface area (Å²) in [6.07, 6.45) is 5.05. The summed E-state index contributed by atoms with van der Waals surface area (Å²) in [6.45, 7) is 0. The third-order valence-corrected chi connectivity index (χ3v) is 1.70. The Bertz CT molecular complexity index is 345. The van der Waals surface area contributed by atoms with E-state index in [-0.39, 0.29) is 6.42 Å². The predicted octanol–water partition coefficient (Wildman–Crippen LogP) is 0.148. The molecule has 1 atom stereocenters. The molecule has 1 aromatic rings. The fraction of sp³-hybridized carbons (Fsp3) is 0.222. The third kappa shape index (κ3) is 2.75. The van der Waals surface area contributed by atoms with Crippen molar-refractivity contribution >= 4 is 5.97 Å². The van der Waals surface area contributed by atoms with Crippen LogP contribution in [-0.4, -0.2) is 22.1 Å². The number of nitrogens with one attached hydrogen (secondary N) is 1. The molecule has 0 saturated carbocycles. The first-order valence-corrected chi connectivity index (χ1v) is 4.00. The van der Waals surface area contributed by atoms with Crippen molar-refractivity contribution < 1.29 is 9.90 Å². The Morgan fingerprint density at radius 1 is 1.79 bits per heavy atom. The second-order valence-electron chi connectivity index (χ2n) is 2.71. The van der Waals surface area contributed by atoms with Gasteiger partial charge in [0.25, 0.3) is 0 Å². The van der Waals surface area contributed by atoms with Gasteiger partial charge in [0, 0.05) is 18.8 Å². The molecular formula is C9H9N3O2. The number of hydrogen-bond acceptors (Lipinski definition) is 4. The van der Waals surface area contributed by atoms with Crippen LogP contribution >= 0.6 is 0 Å². The summed E-state index contributed by atoms with van der Waals surface area (Å²) >= 11 is 0. The maximum atomic E-state index is 10.7. The van der Waals surface area contributed by atoms with Crippen LogP contribution in [0.25, 0.3) is 0 Å². The minimum atomic E-state index is -1.05. The molecule has 0 unspecified atom stereocenters. The van der Waals surface area contributed by atoms with E-state index in [1.54, 1.807) is 30.7 Å². The molecule has 14 heavy (non-hydrogen) atoms. The molecule has 5 nitrogen and oxygen atoms in total. The second-order valence-corrected chi connectivity index (χ2v) is 2.71. The van der Waals surface area contributed by atoms with Gasteiger partial charge in [0.2, 0.25) is 0 Å². The van der Waals surface area contributed by atoms with Crippen molar-refractivity contribution in [3.05, 3.63) is 30.1 Å². The van der Waals surface area contributed by atoms with Crippen LogP contribution in [0.4, 0.5) is 0 Å². The van der Waals surface area contributed by atoms with E-state index in [0.29, 0.717) is 0 Å². The molecule has 1 rings (SSSR count). The number of carboxylic acid groups (broad SMARTS) is 1. The van der Waals surface area contributed by atoms with Crippen LogP contribution in [0.3, 0.4) is 0 Å². The number of carbonyl (C=O) groups is 1. The molecule has 0 aromatic carbocycles. The van der Waals surface area contributed by atoms with E-state index in [1.165, 1.54) is 0 Å². The van der Waals surface area contributed by atoms with Crippen molar-refractivity contribution in [2.45, 2.75) is 12.5 Å². The van der Waals surface area contributed by atoms with Crippen molar-refractivity contribution in [2.75, 3.05) is 0 Å². The fourth-order valence-corrected chi connectivity index (χ4v) is 1.03. The molecular weight excluding hydrogens is 182 g/mol. The summed E-state index contributed by atoms with van der Waals surface area (Å²) < 4.78 is 0. The Hall–Kier alpha value is -2.09. The van der Waals surface area contributed by atoms with Gasteiger partial charge < -0.3 is 10.4 Å². The fourth-order valence-electron chi connectivity index (χ4n) is 1.03. The van der Waals surface area contributed by atoms with Crippen molar-refractivity contribution in [1.82, 2.24) is 10.3 Å². The number of pyridine rings is 1. The van der Waals surface area contributed by atoms with Crippen LogP contribution in [0.15, 0.2) is 24.5 Å². The van der Waals surface area contributed by atoms with Gasteiger partial charge in [-0.05, 0) is 11.6 Å². The van der Waals surface area contributed by atoms with Gasteiger partial charge in [0.15, 0.2) is 6.19 Å². The number of hydrogen-bond donors (Lipinski definition) is 2. The highest BCUT2D eigenvalue weighted by Crippen LogP contribution is 2.01. The molecule has 5 heteroatoms. The van der Waals surface area contributed by atoms with Crippen molar-refractivity contribution in [3.63, 3.8) is 0 Å². The Morgan fingerprint density at radius 3 is 3.07 bits per heavy atom. The first kappa shape index (κ1) is 9.99. The van der Waals surface area contributed by atoms with Gasteiger partial charge in [-0.2, -0.15) is 5.26 Å². The van der Waals surface area contributed by atoms with Gasteiger partial charge in [-0.15, -0.1) is 0 Å². The first-order valence-electron chi connectivity index (χ1n) is 4.00. The highest BCUT2D eigenvalue weighted by molar-refractivity contribution is 5.74. The summed E-state index contributed by atoms with van der Waals surface area (Å²) in [5.74, 6) is -1.05. The lowest BCUT2D eigenvalue weighted by atomic mass is 10.1. The van der Waals surface area contributed by atoms with Gasteiger partial charge in [-0.3, -0.25) is 4.98 Å². The number of nitriles is 1. The monoisotopic (exact) mass is 191 g/mol. The van der Waals surface area contributed by atoms with E-state index in [1.807, 2.05) is 0 Å². The average molecular weight is 191 g/mol. The maximum Gasteiger partial charge on any atom is 0.327 e. The maximum absolute atomic E-state index is 10.7. The zero-order valence-electron chi connectivity index (χ0n) is 7.34. The molecule has 0 radical (unpaired) electrons. The molecule has 0 aliphatic carbocycles. The number of carboxylic acids is 1. The molecule has 0 bridgehead atoms. The molecule has 0 aliphatic rings. The summed E-state index contributed by atoms with van der Waals surface area (Å²) in [7, 11) is 0. The van der Waals surface area contributed by atoms with E-state index < -0.39 is 12.0 Å². The standard InChI is InChI=1S/C9H9N3O2/c10-6-12-8(9(13)14)4-7-2-1-3-11-5-7/h1-3,5,8,12H,4H2,(H,13,14)/t8-/m0/s1. The lowest BCUT2D eigenvalue weighted by Gasteiger charge is -2.08. The minimum absolute atomic E-state index is 0.247. The summed E-state index contributed by atoms with van der Waals surface area (Å²) in [5.41, 5.74) is 0.780. The largest absolute Gasteiger partial charge is 0.480 e. The second kappa shape index (κ2) is 4.82. The summed E-state index contributed by atoms with van der Waals surface area (Å²) in [4.78, 5) is 14.5. The van der Waals surface area contributed by atoms with E-state index in [0.717, 1.165) is 5.56 Å². The van der Waals surface area contributed by atoms with Gasteiger partial charge >= 0.3 is 5.97 Å². The average Bonchev–Trinajstić information content (AvgIpc) is 2.18. The highest BCUT2D eigenvalue weighted by atomic mass is 16.4. The van der Waals surface area contributed by atoms with E-state index in [9.17, 15) is 4.79 Å².